The van der Waals surface area contributed by atoms with E-state index in [0.717, 1.165) is 30.6 Å². The molecule has 1 amide bonds. The summed E-state index contributed by atoms with van der Waals surface area (Å²) in [5.41, 5.74) is 1.59. The van der Waals surface area contributed by atoms with Gasteiger partial charge in [-0.1, -0.05) is 0 Å². The summed E-state index contributed by atoms with van der Waals surface area (Å²) < 4.78 is 0. The quantitative estimate of drug-likeness (QED) is 0.859. The Hall–Kier alpha value is -2.28. The monoisotopic (exact) mass is 352 g/mol. The summed E-state index contributed by atoms with van der Waals surface area (Å²) >= 11 is 0. The molecule has 2 aromatic heterocycles. The van der Waals surface area contributed by atoms with Crippen molar-refractivity contribution in [3.63, 3.8) is 0 Å². The van der Waals surface area contributed by atoms with Crippen LogP contribution in [0.4, 0.5) is 0 Å². The molecule has 2 saturated carbocycles. The maximum atomic E-state index is 13.0. The van der Waals surface area contributed by atoms with Crippen LogP contribution < -0.4 is 5.32 Å². The number of rotatable bonds is 5. The van der Waals surface area contributed by atoms with E-state index in [9.17, 15) is 4.79 Å². The molecule has 0 aromatic carbocycles. The van der Waals surface area contributed by atoms with Crippen molar-refractivity contribution >= 4 is 5.91 Å². The van der Waals surface area contributed by atoms with Crippen LogP contribution in [-0.4, -0.2) is 49.1 Å². The van der Waals surface area contributed by atoms with E-state index in [4.69, 9.17) is 0 Å². The van der Waals surface area contributed by atoms with Gasteiger partial charge in [0.15, 0.2) is 5.82 Å². The molecular formula is C19H24N6O. The van der Waals surface area contributed by atoms with Crippen molar-refractivity contribution in [3.8, 4) is 11.5 Å². The van der Waals surface area contributed by atoms with Crippen LogP contribution in [0.1, 0.15) is 50.0 Å². The van der Waals surface area contributed by atoms with Crippen molar-refractivity contribution in [1.82, 2.24) is 30.4 Å². The Morgan fingerprint density at radius 1 is 1.42 bits per heavy atom. The van der Waals surface area contributed by atoms with Gasteiger partial charge in [-0.05, 0) is 63.1 Å². The molecule has 2 aliphatic heterocycles. The summed E-state index contributed by atoms with van der Waals surface area (Å²) in [5, 5.41) is 10.4. The van der Waals surface area contributed by atoms with Gasteiger partial charge in [0.05, 0.1) is 6.04 Å². The molecular weight excluding hydrogens is 328 g/mol. The second kappa shape index (κ2) is 5.61. The molecule has 2 bridgehead atoms. The Kier molecular flexibility index (Phi) is 3.44. The van der Waals surface area contributed by atoms with Crippen LogP contribution >= 0.6 is 0 Å². The van der Waals surface area contributed by atoms with Gasteiger partial charge in [-0.25, -0.2) is 4.98 Å². The number of aromatic amines is 1. The first-order chi connectivity index (χ1) is 12.5. The third kappa shape index (κ3) is 2.45. The van der Waals surface area contributed by atoms with Gasteiger partial charge < -0.3 is 5.32 Å². The van der Waals surface area contributed by atoms with E-state index < -0.39 is 0 Å². The zero-order valence-corrected chi connectivity index (χ0v) is 15.2. The lowest BCUT2D eigenvalue weighted by Crippen LogP contribution is -2.58. The second-order valence-electron chi connectivity index (χ2n) is 8.15. The molecule has 2 aliphatic carbocycles. The van der Waals surface area contributed by atoms with Gasteiger partial charge >= 0.3 is 0 Å². The summed E-state index contributed by atoms with van der Waals surface area (Å²) in [6.07, 6.45) is 6.26. The first kappa shape index (κ1) is 15.9. The Morgan fingerprint density at radius 2 is 2.23 bits per heavy atom. The molecule has 0 spiro atoms. The molecule has 2 N–H and O–H groups in total. The number of pyridine rings is 1. The topological polar surface area (TPSA) is 86.8 Å². The second-order valence-corrected chi connectivity index (χ2v) is 8.15. The van der Waals surface area contributed by atoms with Crippen LogP contribution in [0.3, 0.4) is 0 Å². The van der Waals surface area contributed by atoms with Crippen molar-refractivity contribution in [3.05, 3.63) is 29.7 Å². The van der Waals surface area contributed by atoms with Crippen LogP contribution in [0.2, 0.25) is 0 Å². The van der Waals surface area contributed by atoms with Crippen LogP contribution in [0.15, 0.2) is 18.3 Å². The van der Waals surface area contributed by atoms with Crippen LogP contribution in [-0.2, 0) is 4.79 Å². The summed E-state index contributed by atoms with van der Waals surface area (Å²) in [7, 11) is 0. The average Bonchev–Trinajstić information content (AvgIpc) is 3.06. The van der Waals surface area contributed by atoms with Crippen molar-refractivity contribution in [2.24, 2.45) is 5.92 Å². The number of hydrogen-bond acceptors (Lipinski definition) is 5. The molecule has 4 aliphatic rings. The Labute approximate surface area is 152 Å². The largest absolute Gasteiger partial charge is 0.345 e. The van der Waals surface area contributed by atoms with E-state index in [1.54, 1.807) is 6.20 Å². The molecule has 7 heteroatoms. The van der Waals surface area contributed by atoms with E-state index in [1.807, 2.05) is 26.0 Å². The zero-order chi connectivity index (χ0) is 17.9. The third-order valence-corrected chi connectivity index (χ3v) is 6.07. The normalized spacial score (nSPS) is 28.6. The van der Waals surface area contributed by atoms with Crippen LogP contribution in [0, 0.1) is 12.8 Å². The maximum Gasteiger partial charge on any atom is 0.241 e. The minimum atomic E-state index is -0.263. The van der Waals surface area contributed by atoms with Crippen molar-refractivity contribution in [1.29, 1.82) is 0 Å². The van der Waals surface area contributed by atoms with E-state index >= 15 is 0 Å². The molecule has 136 valence electrons. The zero-order valence-electron chi connectivity index (χ0n) is 15.2. The number of H-pyrrole nitrogens is 1. The third-order valence-electron chi connectivity index (χ3n) is 6.07. The standard InChI is InChI=1S/C19H24N6O/c1-11-5-6-20-15(7-11)17-22-16(23-24-17)12(2)21-18(26)19-8-13(9-19)10-25(19)14-3-4-14/h5-7,12-14H,3-4,8-10H2,1-2H3,(H,21,26)(H,22,23,24). The number of nitrogens with one attached hydrogen (secondary N) is 2. The van der Waals surface area contributed by atoms with Crippen molar-refractivity contribution in [2.45, 2.75) is 57.2 Å². The van der Waals surface area contributed by atoms with Crippen molar-refractivity contribution in [2.75, 3.05) is 6.54 Å². The van der Waals surface area contributed by atoms with Gasteiger partial charge in [-0.2, -0.15) is 5.10 Å². The number of amides is 1. The van der Waals surface area contributed by atoms with Crippen LogP contribution in [0.25, 0.3) is 11.5 Å². The SMILES string of the molecule is Cc1ccnc(-c2n[nH]c(C(C)NC(=O)C34CC(CN3C3CC3)C4)n2)c1. The maximum absolute atomic E-state index is 13.0. The molecule has 6 rings (SSSR count). The van der Waals surface area contributed by atoms with Crippen molar-refractivity contribution < 1.29 is 4.79 Å². The van der Waals surface area contributed by atoms with Gasteiger partial charge in [0, 0.05) is 18.8 Å². The predicted octanol–water partition coefficient (Wildman–Crippen LogP) is 1.98. The molecule has 4 heterocycles. The lowest BCUT2D eigenvalue weighted by Gasteiger charge is -2.41. The van der Waals surface area contributed by atoms with Gasteiger partial charge in [0.2, 0.25) is 5.91 Å². The lowest BCUT2D eigenvalue weighted by atomic mass is 9.72. The molecule has 2 aromatic rings. The summed E-state index contributed by atoms with van der Waals surface area (Å²) in [6.45, 7) is 5.06. The predicted molar refractivity (Wildman–Crippen MR) is 96.1 cm³/mol. The highest BCUT2D eigenvalue weighted by molar-refractivity contribution is 5.88. The molecule has 4 fully saturated rings. The fourth-order valence-electron chi connectivity index (χ4n) is 4.55. The fourth-order valence-corrected chi connectivity index (χ4v) is 4.55. The first-order valence-corrected chi connectivity index (χ1v) is 9.48. The molecule has 26 heavy (non-hydrogen) atoms. The van der Waals surface area contributed by atoms with Gasteiger partial charge in [0.25, 0.3) is 0 Å². The highest BCUT2D eigenvalue weighted by Gasteiger charge is 2.63. The summed E-state index contributed by atoms with van der Waals surface area (Å²) in [5.74, 6) is 2.09. The van der Waals surface area contributed by atoms with Gasteiger partial charge in [-0.15, -0.1) is 0 Å². The number of aromatic nitrogens is 4. The Bertz CT molecular complexity index is 851. The lowest BCUT2D eigenvalue weighted by molar-refractivity contribution is -0.135. The van der Waals surface area contributed by atoms with Crippen LogP contribution in [0.5, 0.6) is 0 Å². The number of carbonyl (C=O) groups is 1. The number of hydrogen-bond donors (Lipinski definition) is 2. The summed E-state index contributed by atoms with van der Waals surface area (Å²) in [6, 6.07) is 4.32. The smallest absolute Gasteiger partial charge is 0.241 e. The van der Waals surface area contributed by atoms with Gasteiger partial charge in [-0.3, -0.25) is 19.8 Å². The summed E-state index contributed by atoms with van der Waals surface area (Å²) in [4.78, 5) is 24.4. The van der Waals surface area contributed by atoms with E-state index in [-0.39, 0.29) is 17.5 Å². The molecule has 1 atom stereocenters. The Balaban J connectivity index is 1.30. The number of nitrogens with zero attached hydrogens (tertiary/aromatic N) is 4. The fraction of sp³-hybridized carbons (Fsp3) is 0.579. The minimum absolute atomic E-state index is 0.150. The highest BCUT2D eigenvalue weighted by atomic mass is 16.2. The number of carbonyl (C=O) groups excluding carboxylic acids is 1. The number of aryl methyl sites for hydroxylation is 1. The molecule has 7 nitrogen and oxygen atoms in total. The molecule has 0 radical (unpaired) electrons. The average molecular weight is 352 g/mol. The first-order valence-electron chi connectivity index (χ1n) is 9.48. The Morgan fingerprint density at radius 3 is 2.96 bits per heavy atom. The van der Waals surface area contributed by atoms with E-state index in [0.29, 0.717) is 23.6 Å². The number of fused-ring (bicyclic) bond motifs is 1. The van der Waals surface area contributed by atoms with E-state index in [2.05, 4.69) is 30.4 Å². The minimum Gasteiger partial charge on any atom is -0.345 e. The molecule has 1 unspecified atom stereocenters. The molecule has 2 saturated heterocycles. The highest BCUT2D eigenvalue weighted by Crippen LogP contribution is 2.54. The van der Waals surface area contributed by atoms with Gasteiger partial charge in [0.1, 0.15) is 17.1 Å². The van der Waals surface area contributed by atoms with E-state index in [1.165, 1.54) is 12.8 Å².